The standard InChI is InChI=1S/C17H22N4O2/c1-20-10-7-14(8-11-20)21(16-6-9-18-19-16)17(22)13-4-3-5-15(12-13)23-2/h3-6,9,12,14H,7-8,10-11H2,1-2H3,(H,18,19). The van der Waals surface area contributed by atoms with Crippen LogP contribution in [-0.2, 0) is 0 Å². The normalized spacial score (nSPS) is 16.3. The topological polar surface area (TPSA) is 61.5 Å². The van der Waals surface area contributed by atoms with E-state index in [9.17, 15) is 4.79 Å². The van der Waals surface area contributed by atoms with E-state index in [-0.39, 0.29) is 11.9 Å². The Balaban J connectivity index is 1.90. The number of hydrogen-bond donors (Lipinski definition) is 1. The molecule has 1 aliphatic rings. The van der Waals surface area contributed by atoms with Crippen molar-refractivity contribution >= 4 is 11.7 Å². The number of nitrogens with zero attached hydrogens (tertiary/aromatic N) is 3. The number of aromatic nitrogens is 2. The van der Waals surface area contributed by atoms with E-state index in [1.165, 1.54) is 0 Å². The minimum absolute atomic E-state index is 0.0365. The molecule has 1 aliphatic heterocycles. The Bertz CT molecular complexity index is 648. The first-order chi connectivity index (χ1) is 11.2. The maximum absolute atomic E-state index is 13.1. The fourth-order valence-electron chi connectivity index (χ4n) is 2.99. The lowest BCUT2D eigenvalue weighted by molar-refractivity contribution is 0.0962. The van der Waals surface area contributed by atoms with Gasteiger partial charge in [-0.3, -0.25) is 14.8 Å². The second-order valence-electron chi connectivity index (χ2n) is 5.87. The van der Waals surface area contributed by atoms with Gasteiger partial charge in [-0.2, -0.15) is 5.10 Å². The first-order valence-electron chi connectivity index (χ1n) is 7.85. The molecule has 0 spiro atoms. The highest BCUT2D eigenvalue weighted by Crippen LogP contribution is 2.25. The number of H-pyrrole nitrogens is 1. The van der Waals surface area contributed by atoms with Gasteiger partial charge in [-0.15, -0.1) is 0 Å². The van der Waals surface area contributed by atoms with E-state index in [4.69, 9.17) is 4.74 Å². The summed E-state index contributed by atoms with van der Waals surface area (Å²) in [5, 5.41) is 7.04. The van der Waals surface area contributed by atoms with E-state index >= 15 is 0 Å². The van der Waals surface area contributed by atoms with E-state index in [0.717, 1.165) is 25.9 Å². The molecule has 3 rings (SSSR count). The molecule has 1 saturated heterocycles. The quantitative estimate of drug-likeness (QED) is 0.939. The van der Waals surface area contributed by atoms with Crippen molar-refractivity contribution in [2.45, 2.75) is 18.9 Å². The van der Waals surface area contributed by atoms with Gasteiger partial charge in [0.1, 0.15) is 5.75 Å². The summed E-state index contributed by atoms with van der Waals surface area (Å²) in [5.74, 6) is 1.32. The number of methoxy groups -OCH3 is 1. The fourth-order valence-corrected chi connectivity index (χ4v) is 2.99. The monoisotopic (exact) mass is 314 g/mol. The zero-order valence-electron chi connectivity index (χ0n) is 13.5. The molecule has 1 fully saturated rings. The zero-order valence-corrected chi connectivity index (χ0v) is 13.5. The van der Waals surface area contributed by atoms with Crippen molar-refractivity contribution in [1.29, 1.82) is 0 Å². The number of hydrogen-bond acceptors (Lipinski definition) is 4. The molecule has 0 atom stereocenters. The van der Waals surface area contributed by atoms with Gasteiger partial charge < -0.3 is 9.64 Å². The maximum atomic E-state index is 13.1. The number of piperidine rings is 1. The van der Waals surface area contributed by atoms with E-state index < -0.39 is 0 Å². The summed E-state index contributed by atoms with van der Waals surface area (Å²) in [6.07, 6.45) is 3.63. The fraction of sp³-hybridized carbons (Fsp3) is 0.412. The average molecular weight is 314 g/mol. The Kier molecular flexibility index (Phi) is 4.62. The van der Waals surface area contributed by atoms with Gasteiger partial charge in [-0.1, -0.05) is 6.07 Å². The molecule has 1 amide bonds. The molecule has 0 aliphatic carbocycles. The highest BCUT2D eigenvalue weighted by atomic mass is 16.5. The number of ether oxygens (including phenoxy) is 1. The molecule has 122 valence electrons. The highest BCUT2D eigenvalue weighted by Gasteiger charge is 2.30. The van der Waals surface area contributed by atoms with Crippen molar-refractivity contribution in [2.75, 3.05) is 32.1 Å². The Morgan fingerprint density at radius 1 is 1.35 bits per heavy atom. The van der Waals surface area contributed by atoms with Crippen LogP contribution in [0.4, 0.5) is 5.82 Å². The van der Waals surface area contributed by atoms with Crippen LogP contribution in [0.1, 0.15) is 23.2 Å². The van der Waals surface area contributed by atoms with Crippen molar-refractivity contribution in [2.24, 2.45) is 0 Å². The van der Waals surface area contributed by atoms with Gasteiger partial charge in [0.05, 0.1) is 7.11 Å². The van der Waals surface area contributed by atoms with Crippen LogP contribution in [0.2, 0.25) is 0 Å². The molecule has 23 heavy (non-hydrogen) atoms. The lowest BCUT2D eigenvalue weighted by Crippen LogP contribution is -2.47. The van der Waals surface area contributed by atoms with Crippen LogP contribution in [0.3, 0.4) is 0 Å². The zero-order chi connectivity index (χ0) is 16.2. The second kappa shape index (κ2) is 6.83. The number of carbonyl (C=O) groups is 1. The SMILES string of the molecule is COc1cccc(C(=O)N(c2cc[nH]n2)C2CCN(C)CC2)c1. The number of likely N-dealkylation sites (tertiary alicyclic amines) is 1. The van der Waals surface area contributed by atoms with Gasteiger partial charge in [-0.05, 0) is 51.2 Å². The number of benzene rings is 1. The number of amides is 1. The Hall–Kier alpha value is -2.34. The number of anilines is 1. The average Bonchev–Trinajstić information content (AvgIpc) is 3.11. The van der Waals surface area contributed by atoms with Gasteiger partial charge in [-0.25, -0.2) is 0 Å². The smallest absolute Gasteiger partial charge is 0.259 e. The molecule has 0 bridgehead atoms. The number of rotatable bonds is 4. The van der Waals surface area contributed by atoms with E-state index in [1.54, 1.807) is 19.4 Å². The molecule has 0 unspecified atom stereocenters. The minimum atomic E-state index is -0.0365. The summed E-state index contributed by atoms with van der Waals surface area (Å²) in [4.78, 5) is 17.2. The maximum Gasteiger partial charge on any atom is 0.259 e. The van der Waals surface area contributed by atoms with Crippen LogP contribution in [-0.4, -0.2) is 54.3 Å². The Morgan fingerprint density at radius 3 is 2.78 bits per heavy atom. The summed E-state index contributed by atoms with van der Waals surface area (Å²) in [6, 6.07) is 9.27. The summed E-state index contributed by atoms with van der Waals surface area (Å²) in [5.41, 5.74) is 0.617. The number of aromatic amines is 1. The van der Waals surface area contributed by atoms with Crippen LogP contribution in [0, 0.1) is 0 Å². The van der Waals surface area contributed by atoms with Crippen LogP contribution < -0.4 is 9.64 Å². The van der Waals surface area contributed by atoms with Crippen molar-refractivity contribution in [1.82, 2.24) is 15.1 Å². The molecule has 1 aromatic heterocycles. The number of nitrogens with one attached hydrogen (secondary N) is 1. The molecule has 6 heteroatoms. The van der Waals surface area contributed by atoms with Crippen LogP contribution >= 0.6 is 0 Å². The third kappa shape index (κ3) is 3.37. The van der Waals surface area contributed by atoms with Gasteiger partial charge >= 0.3 is 0 Å². The van der Waals surface area contributed by atoms with Crippen LogP contribution in [0.25, 0.3) is 0 Å². The Morgan fingerprint density at radius 2 is 2.13 bits per heavy atom. The van der Waals surface area contributed by atoms with Crippen molar-refractivity contribution in [3.05, 3.63) is 42.1 Å². The third-order valence-electron chi connectivity index (χ3n) is 4.32. The highest BCUT2D eigenvalue weighted by molar-refractivity contribution is 6.06. The van der Waals surface area contributed by atoms with Crippen LogP contribution in [0.5, 0.6) is 5.75 Å². The van der Waals surface area contributed by atoms with Crippen molar-refractivity contribution in [3.8, 4) is 5.75 Å². The summed E-state index contributed by atoms with van der Waals surface area (Å²) < 4.78 is 5.24. The first-order valence-corrected chi connectivity index (χ1v) is 7.85. The molecule has 0 radical (unpaired) electrons. The molecule has 1 N–H and O–H groups in total. The third-order valence-corrected chi connectivity index (χ3v) is 4.32. The summed E-state index contributed by atoms with van der Waals surface area (Å²) in [6.45, 7) is 1.97. The van der Waals surface area contributed by atoms with Gasteiger partial charge in [0.15, 0.2) is 5.82 Å². The predicted molar refractivity (Wildman–Crippen MR) is 88.9 cm³/mol. The molecule has 2 aromatic rings. The van der Waals surface area contributed by atoms with Gasteiger partial charge in [0, 0.05) is 23.9 Å². The lowest BCUT2D eigenvalue weighted by Gasteiger charge is -2.36. The lowest BCUT2D eigenvalue weighted by atomic mass is 10.0. The van der Waals surface area contributed by atoms with E-state index in [2.05, 4.69) is 22.1 Å². The summed E-state index contributed by atoms with van der Waals surface area (Å²) >= 11 is 0. The molecule has 0 saturated carbocycles. The predicted octanol–water partition coefficient (Wildman–Crippen LogP) is 2.16. The Labute approximate surface area is 136 Å². The van der Waals surface area contributed by atoms with Gasteiger partial charge in [0.25, 0.3) is 5.91 Å². The molecular formula is C17H22N4O2. The van der Waals surface area contributed by atoms with Crippen LogP contribution in [0.15, 0.2) is 36.5 Å². The molecular weight excluding hydrogens is 292 g/mol. The second-order valence-corrected chi connectivity index (χ2v) is 5.87. The van der Waals surface area contributed by atoms with Gasteiger partial charge in [0.2, 0.25) is 0 Å². The molecule has 6 nitrogen and oxygen atoms in total. The first kappa shape index (κ1) is 15.6. The van der Waals surface area contributed by atoms with E-state index in [0.29, 0.717) is 17.1 Å². The minimum Gasteiger partial charge on any atom is -0.497 e. The molecule has 1 aromatic carbocycles. The summed E-state index contributed by atoms with van der Waals surface area (Å²) in [7, 11) is 3.71. The van der Waals surface area contributed by atoms with Crippen molar-refractivity contribution < 1.29 is 9.53 Å². The van der Waals surface area contributed by atoms with Crippen molar-refractivity contribution in [3.63, 3.8) is 0 Å². The van der Waals surface area contributed by atoms with E-state index in [1.807, 2.05) is 29.2 Å². The number of carbonyl (C=O) groups excluding carboxylic acids is 1. The largest absolute Gasteiger partial charge is 0.497 e. The molecule has 2 heterocycles.